The molecule has 1 rings (SSSR count). The molecule has 1 aromatic rings. The first kappa shape index (κ1) is 13.1. The van der Waals surface area contributed by atoms with Gasteiger partial charge >= 0.3 is 5.97 Å². The molecule has 0 amide bonds. The monoisotopic (exact) mass is 236 g/mol. The molecule has 0 atom stereocenters. The Balaban J connectivity index is 3.10. The van der Waals surface area contributed by atoms with Crippen LogP contribution in [-0.4, -0.2) is 18.2 Å². The van der Waals surface area contributed by atoms with Crippen molar-refractivity contribution in [3.63, 3.8) is 0 Å². The van der Waals surface area contributed by atoms with Gasteiger partial charge in [-0.15, -0.1) is 0 Å². The number of ether oxygens (including phenoxy) is 2. The van der Waals surface area contributed by atoms with E-state index in [2.05, 4.69) is 0 Å². The highest BCUT2D eigenvalue weighted by Crippen LogP contribution is 2.30. The SMILES string of the molecule is CC=C(CC)Oc1cc(C(=O)O)ccc1OC. The molecule has 0 unspecified atom stereocenters. The fourth-order valence-corrected chi connectivity index (χ4v) is 1.37. The highest BCUT2D eigenvalue weighted by atomic mass is 16.5. The molecule has 0 saturated carbocycles. The lowest BCUT2D eigenvalue weighted by Crippen LogP contribution is -2.00. The van der Waals surface area contributed by atoms with E-state index in [1.807, 2.05) is 19.9 Å². The van der Waals surface area contributed by atoms with Gasteiger partial charge in [0.05, 0.1) is 18.4 Å². The molecule has 4 heteroatoms. The fourth-order valence-electron chi connectivity index (χ4n) is 1.37. The van der Waals surface area contributed by atoms with E-state index >= 15 is 0 Å². The Kier molecular flexibility index (Phi) is 4.57. The Morgan fingerprint density at radius 2 is 2.12 bits per heavy atom. The van der Waals surface area contributed by atoms with E-state index in [0.717, 1.165) is 12.2 Å². The van der Waals surface area contributed by atoms with E-state index in [4.69, 9.17) is 14.6 Å². The molecule has 0 aliphatic carbocycles. The molecule has 0 bridgehead atoms. The molecule has 1 aromatic carbocycles. The van der Waals surface area contributed by atoms with Gasteiger partial charge in [0, 0.05) is 6.42 Å². The van der Waals surface area contributed by atoms with Crippen molar-refractivity contribution in [1.82, 2.24) is 0 Å². The van der Waals surface area contributed by atoms with Crippen LogP contribution in [0.1, 0.15) is 30.6 Å². The first-order valence-electron chi connectivity index (χ1n) is 5.36. The number of carboxylic acid groups (broad SMARTS) is 1. The van der Waals surface area contributed by atoms with Crippen LogP contribution in [0.2, 0.25) is 0 Å². The standard InChI is InChI=1S/C13H16O4/c1-4-10(5-2)17-12-8-9(13(14)15)6-7-11(12)16-3/h4,6-8H,5H2,1-3H3,(H,14,15). The lowest BCUT2D eigenvalue weighted by molar-refractivity contribution is 0.0696. The molecule has 0 aliphatic heterocycles. The second-order valence-electron chi connectivity index (χ2n) is 3.38. The van der Waals surface area contributed by atoms with E-state index in [0.29, 0.717) is 11.5 Å². The van der Waals surface area contributed by atoms with E-state index in [1.54, 1.807) is 6.07 Å². The third-order valence-electron chi connectivity index (χ3n) is 2.32. The topological polar surface area (TPSA) is 55.8 Å². The van der Waals surface area contributed by atoms with Crippen molar-refractivity contribution in [2.75, 3.05) is 7.11 Å². The number of carbonyl (C=O) groups is 1. The molecule has 4 nitrogen and oxygen atoms in total. The third-order valence-corrected chi connectivity index (χ3v) is 2.32. The molecule has 92 valence electrons. The van der Waals surface area contributed by atoms with Crippen molar-refractivity contribution < 1.29 is 19.4 Å². The summed E-state index contributed by atoms with van der Waals surface area (Å²) < 4.78 is 10.7. The lowest BCUT2D eigenvalue weighted by atomic mass is 10.2. The summed E-state index contributed by atoms with van der Waals surface area (Å²) in [6.45, 7) is 3.83. The molecule has 0 radical (unpaired) electrons. The second-order valence-corrected chi connectivity index (χ2v) is 3.38. The quantitative estimate of drug-likeness (QED) is 0.798. The molecule has 0 spiro atoms. The zero-order valence-corrected chi connectivity index (χ0v) is 10.2. The summed E-state index contributed by atoms with van der Waals surface area (Å²) in [5.41, 5.74) is 0.173. The summed E-state index contributed by atoms with van der Waals surface area (Å²) in [4.78, 5) is 10.9. The average molecular weight is 236 g/mol. The summed E-state index contributed by atoms with van der Waals surface area (Å²) in [5.74, 6) is 0.715. The third kappa shape index (κ3) is 3.24. The van der Waals surface area contributed by atoms with E-state index < -0.39 is 5.97 Å². The summed E-state index contributed by atoms with van der Waals surface area (Å²) in [5, 5.41) is 8.91. The molecule has 0 heterocycles. The van der Waals surface area contributed by atoms with Crippen LogP contribution in [0.5, 0.6) is 11.5 Å². The number of aromatic carboxylic acids is 1. The molecule has 0 aliphatic rings. The van der Waals surface area contributed by atoms with Crippen LogP contribution in [0.25, 0.3) is 0 Å². The predicted octanol–water partition coefficient (Wildman–Crippen LogP) is 3.09. The Labute approximate surface area is 100 Å². The Morgan fingerprint density at radius 1 is 1.41 bits per heavy atom. The Morgan fingerprint density at radius 3 is 2.59 bits per heavy atom. The Bertz CT molecular complexity index is 435. The zero-order chi connectivity index (χ0) is 12.8. The summed E-state index contributed by atoms with van der Waals surface area (Å²) in [7, 11) is 1.52. The highest BCUT2D eigenvalue weighted by Gasteiger charge is 2.11. The van der Waals surface area contributed by atoms with Gasteiger partial charge in [-0.25, -0.2) is 4.79 Å². The number of carboxylic acids is 1. The van der Waals surface area contributed by atoms with Crippen molar-refractivity contribution in [3.05, 3.63) is 35.6 Å². The minimum Gasteiger partial charge on any atom is -0.493 e. The largest absolute Gasteiger partial charge is 0.493 e. The van der Waals surface area contributed by atoms with Crippen molar-refractivity contribution in [1.29, 1.82) is 0 Å². The van der Waals surface area contributed by atoms with Crippen molar-refractivity contribution >= 4 is 5.97 Å². The maximum Gasteiger partial charge on any atom is 0.335 e. The van der Waals surface area contributed by atoms with E-state index in [-0.39, 0.29) is 5.56 Å². The Hall–Kier alpha value is -1.97. The average Bonchev–Trinajstić information content (AvgIpc) is 2.35. The number of methoxy groups -OCH3 is 1. The van der Waals surface area contributed by atoms with Crippen LogP contribution in [0.15, 0.2) is 30.0 Å². The summed E-state index contributed by atoms with van der Waals surface area (Å²) in [6.07, 6.45) is 2.57. The van der Waals surface area contributed by atoms with Crippen molar-refractivity contribution in [3.8, 4) is 11.5 Å². The van der Waals surface area contributed by atoms with Gasteiger partial charge in [-0.2, -0.15) is 0 Å². The summed E-state index contributed by atoms with van der Waals surface area (Å²) in [6, 6.07) is 4.53. The zero-order valence-electron chi connectivity index (χ0n) is 10.2. The van der Waals surface area contributed by atoms with Gasteiger partial charge in [-0.05, 0) is 31.2 Å². The fraction of sp³-hybridized carbons (Fsp3) is 0.308. The van der Waals surface area contributed by atoms with Crippen molar-refractivity contribution in [2.45, 2.75) is 20.3 Å². The number of hydrogen-bond acceptors (Lipinski definition) is 3. The van der Waals surface area contributed by atoms with Crippen LogP contribution >= 0.6 is 0 Å². The molecule has 0 fully saturated rings. The van der Waals surface area contributed by atoms with Gasteiger partial charge in [0.15, 0.2) is 11.5 Å². The first-order chi connectivity index (χ1) is 8.12. The molecular formula is C13H16O4. The van der Waals surface area contributed by atoms with Crippen LogP contribution in [-0.2, 0) is 0 Å². The molecular weight excluding hydrogens is 220 g/mol. The highest BCUT2D eigenvalue weighted by molar-refractivity contribution is 5.88. The second kappa shape index (κ2) is 5.94. The van der Waals surface area contributed by atoms with Crippen molar-refractivity contribution in [2.24, 2.45) is 0 Å². The maximum absolute atomic E-state index is 10.9. The molecule has 0 saturated heterocycles. The molecule has 1 N–H and O–H groups in total. The van der Waals surface area contributed by atoms with Gasteiger partial charge in [0.2, 0.25) is 0 Å². The van der Waals surface area contributed by atoms with Gasteiger partial charge in [0.25, 0.3) is 0 Å². The van der Waals surface area contributed by atoms with E-state index in [9.17, 15) is 4.79 Å². The predicted molar refractivity (Wildman–Crippen MR) is 64.6 cm³/mol. The van der Waals surface area contributed by atoms with Gasteiger partial charge < -0.3 is 14.6 Å². The minimum atomic E-state index is -0.990. The maximum atomic E-state index is 10.9. The number of benzene rings is 1. The molecule has 17 heavy (non-hydrogen) atoms. The van der Waals surface area contributed by atoms with Gasteiger partial charge in [-0.1, -0.05) is 6.92 Å². The smallest absolute Gasteiger partial charge is 0.335 e. The molecule has 0 aromatic heterocycles. The van der Waals surface area contributed by atoms with Crippen LogP contribution in [0.4, 0.5) is 0 Å². The minimum absolute atomic E-state index is 0.173. The van der Waals surface area contributed by atoms with E-state index in [1.165, 1.54) is 19.2 Å². The lowest BCUT2D eigenvalue weighted by Gasteiger charge is -2.12. The normalized spacial score (nSPS) is 11.1. The van der Waals surface area contributed by atoms with Gasteiger partial charge in [0.1, 0.15) is 0 Å². The summed E-state index contributed by atoms with van der Waals surface area (Å²) >= 11 is 0. The number of allylic oxidation sites excluding steroid dienone is 2. The first-order valence-corrected chi connectivity index (χ1v) is 5.36. The van der Waals surface area contributed by atoms with Crippen LogP contribution in [0, 0.1) is 0 Å². The van der Waals surface area contributed by atoms with Crippen LogP contribution < -0.4 is 9.47 Å². The number of hydrogen-bond donors (Lipinski definition) is 1. The number of rotatable bonds is 5. The van der Waals surface area contributed by atoms with Crippen LogP contribution in [0.3, 0.4) is 0 Å². The van der Waals surface area contributed by atoms with Gasteiger partial charge in [-0.3, -0.25) is 0 Å².